The number of amides is 2. The normalized spacial score (nSPS) is 18.4. The molecule has 6 unspecified atom stereocenters. The summed E-state index contributed by atoms with van der Waals surface area (Å²) in [6.07, 6.45) is 9.83. The van der Waals surface area contributed by atoms with Crippen molar-refractivity contribution in [2.45, 2.75) is 133 Å². The maximum atomic E-state index is 12.2. The Hall–Kier alpha value is -4.76. The molecule has 26 N–H and O–H groups in total. The lowest BCUT2D eigenvalue weighted by atomic mass is 10.0. The minimum Gasteiger partial charge on any atom is -0.388 e. The summed E-state index contributed by atoms with van der Waals surface area (Å²) in [6.45, 7) is 12.2. The maximum Gasteiger partial charge on any atom is 0.236 e. The van der Waals surface area contributed by atoms with E-state index in [9.17, 15) is 19.2 Å². The number of guanidine groups is 3. The van der Waals surface area contributed by atoms with Crippen molar-refractivity contribution in [1.29, 1.82) is 0 Å². The van der Waals surface area contributed by atoms with Gasteiger partial charge in [-0.1, -0.05) is 0 Å². The first-order chi connectivity index (χ1) is 32.4. The van der Waals surface area contributed by atoms with Crippen LogP contribution in [0.3, 0.4) is 0 Å². The number of amidine groups is 1. The summed E-state index contributed by atoms with van der Waals surface area (Å²) < 4.78 is 0. The van der Waals surface area contributed by atoms with Gasteiger partial charge in [0.2, 0.25) is 11.8 Å². The molecule has 0 radical (unpaired) electrons. The standard InChI is InChI=1S/C24H50N10O2.C19H41N11O2/c25-19(7-5-11-31-23(27)28)21(35)9-1-3-13-33-15-17-34(18-16-33)14-4-2-10-22(36)20(26)8-6-12-32-24(29)30;1-12(20)25-6-2-4-15(21)17(31)29-10-13-8-28-14(9-27-13)11-30-18(32)16(22)5-3-7-26-19(23)24/h19-20H,1-18,25-26H2,(H4,27,28,31)(H4,29,30,32);13-16,27-28H,2-11,21-22H2,1H3,(H2,20,25)(H,29,31)(H,30,32)(H4,23,24,26). The topological polar surface area (TPSA) is 459 Å². The summed E-state index contributed by atoms with van der Waals surface area (Å²) in [5.74, 6) is 0.552. The average Bonchev–Trinajstić information content (AvgIpc) is 3.30. The maximum absolute atomic E-state index is 12.2. The quantitative estimate of drug-likeness (QED) is 0.0163. The lowest BCUT2D eigenvalue weighted by molar-refractivity contribution is -0.123. The zero-order valence-electron chi connectivity index (χ0n) is 40.9. The van der Waals surface area contributed by atoms with Crippen LogP contribution >= 0.6 is 0 Å². The molecular formula is C43H91N21O4. The van der Waals surface area contributed by atoms with Crippen LogP contribution in [0.4, 0.5) is 0 Å². The van der Waals surface area contributed by atoms with Gasteiger partial charge in [-0.3, -0.25) is 39.1 Å². The minimum atomic E-state index is -0.598. The Morgan fingerprint density at radius 2 is 0.824 bits per heavy atom. The van der Waals surface area contributed by atoms with E-state index in [0.29, 0.717) is 122 Å². The van der Waals surface area contributed by atoms with Gasteiger partial charge >= 0.3 is 0 Å². The van der Waals surface area contributed by atoms with Gasteiger partial charge in [0.1, 0.15) is 11.6 Å². The van der Waals surface area contributed by atoms with Crippen molar-refractivity contribution < 1.29 is 19.2 Å². The third kappa shape index (κ3) is 32.1. The van der Waals surface area contributed by atoms with Gasteiger partial charge in [0.05, 0.1) is 30.0 Å². The van der Waals surface area contributed by atoms with Crippen molar-refractivity contribution in [2.24, 2.45) is 83.0 Å². The largest absolute Gasteiger partial charge is 0.388 e. The molecule has 6 atom stereocenters. The molecule has 2 saturated heterocycles. The van der Waals surface area contributed by atoms with E-state index in [-0.39, 0.29) is 53.3 Å². The summed E-state index contributed by atoms with van der Waals surface area (Å²) in [5.41, 5.74) is 60.9. The number of Topliss-reactive ketones (excluding diaryl/α,β-unsaturated/α-hetero) is 2. The lowest BCUT2D eigenvalue weighted by Crippen LogP contribution is -2.61. The molecule has 68 heavy (non-hydrogen) atoms. The van der Waals surface area contributed by atoms with E-state index >= 15 is 0 Å². The van der Waals surface area contributed by atoms with Gasteiger partial charge in [0.25, 0.3) is 0 Å². The number of carbonyl (C=O) groups is 4. The van der Waals surface area contributed by atoms with Gasteiger partial charge in [-0.05, 0) is 97.1 Å². The fourth-order valence-electron chi connectivity index (χ4n) is 7.35. The van der Waals surface area contributed by atoms with E-state index in [1.807, 2.05) is 0 Å². The third-order valence-electron chi connectivity index (χ3n) is 11.5. The molecule has 2 amide bonds. The Bertz CT molecular complexity index is 1420. The van der Waals surface area contributed by atoms with Crippen LogP contribution in [0.15, 0.2) is 20.0 Å². The number of aliphatic imine (C=N–C) groups is 4. The second-order valence-corrected chi connectivity index (χ2v) is 17.7. The van der Waals surface area contributed by atoms with Crippen LogP contribution < -0.4 is 84.3 Å². The Kier molecular flexibility index (Phi) is 33.5. The predicted octanol–water partition coefficient (Wildman–Crippen LogP) is -5.14. The van der Waals surface area contributed by atoms with E-state index in [0.717, 1.165) is 65.0 Å². The Labute approximate surface area is 404 Å². The van der Waals surface area contributed by atoms with Gasteiger partial charge in [0, 0.05) is 103 Å². The van der Waals surface area contributed by atoms with Gasteiger partial charge in [0.15, 0.2) is 17.9 Å². The SMILES string of the molecule is CC(N)=NCCCC(N)C(=O)NCC1CNC(CNC(=O)C(N)CCCN=C(N)N)CN1.NC(N)=NCCCC(N)C(=O)CCCCN1CCN(CCCCC(=O)C(N)CCCN=C(N)N)CC1. The fraction of sp³-hybridized carbons (Fsp3) is 0.814. The lowest BCUT2D eigenvalue weighted by Gasteiger charge is -2.34. The minimum absolute atomic E-state index is 0.0308. The number of ketones is 2. The van der Waals surface area contributed by atoms with Gasteiger partial charge < -0.3 is 94.1 Å². The number of hydrogen-bond acceptors (Lipinski definition) is 16. The average molecular weight is 966 g/mol. The zero-order chi connectivity index (χ0) is 50.7. The van der Waals surface area contributed by atoms with Crippen LogP contribution in [0.2, 0.25) is 0 Å². The number of unbranched alkanes of at least 4 members (excludes halogenated alkanes) is 2. The molecule has 2 aliphatic rings. The Balaban J connectivity index is 0.000000685. The Morgan fingerprint density at radius 1 is 0.500 bits per heavy atom. The predicted molar refractivity (Wildman–Crippen MR) is 273 cm³/mol. The van der Waals surface area contributed by atoms with E-state index in [2.05, 4.69) is 51.0 Å². The summed E-state index contributed by atoms with van der Waals surface area (Å²) >= 11 is 0. The summed E-state index contributed by atoms with van der Waals surface area (Å²) in [5, 5.41) is 12.5. The highest BCUT2D eigenvalue weighted by molar-refractivity contribution is 5.84. The molecule has 2 aliphatic heterocycles. The molecule has 0 saturated carbocycles. The summed E-state index contributed by atoms with van der Waals surface area (Å²) in [4.78, 5) is 69.3. The highest BCUT2D eigenvalue weighted by atomic mass is 16.2. The van der Waals surface area contributed by atoms with Crippen molar-refractivity contribution in [1.82, 2.24) is 31.1 Å². The van der Waals surface area contributed by atoms with Crippen LogP contribution in [0.1, 0.15) is 96.8 Å². The number of piperazine rings is 2. The molecule has 25 heteroatoms. The first-order valence-electron chi connectivity index (χ1n) is 24.3. The van der Waals surface area contributed by atoms with Crippen molar-refractivity contribution in [3.05, 3.63) is 0 Å². The second kappa shape index (κ2) is 37.2. The summed E-state index contributed by atoms with van der Waals surface area (Å²) in [7, 11) is 0. The highest BCUT2D eigenvalue weighted by Crippen LogP contribution is 2.10. The molecule has 392 valence electrons. The molecule has 0 aliphatic carbocycles. The van der Waals surface area contributed by atoms with Crippen LogP contribution in [-0.2, 0) is 19.2 Å². The number of rotatable bonds is 34. The van der Waals surface area contributed by atoms with Gasteiger partial charge in [-0.2, -0.15) is 0 Å². The fourth-order valence-corrected chi connectivity index (χ4v) is 7.35. The first kappa shape index (κ1) is 61.3. The number of nitrogens with zero attached hydrogens (tertiary/aromatic N) is 6. The molecular weight excluding hydrogens is 875 g/mol. The molecule has 2 fully saturated rings. The van der Waals surface area contributed by atoms with Crippen molar-refractivity contribution in [3.8, 4) is 0 Å². The molecule has 0 aromatic carbocycles. The van der Waals surface area contributed by atoms with Crippen LogP contribution in [0.5, 0.6) is 0 Å². The van der Waals surface area contributed by atoms with Crippen LogP contribution in [-0.4, -0.2) is 185 Å². The van der Waals surface area contributed by atoms with E-state index < -0.39 is 24.2 Å². The molecule has 0 spiro atoms. The first-order valence-corrected chi connectivity index (χ1v) is 24.3. The van der Waals surface area contributed by atoms with Crippen LogP contribution in [0.25, 0.3) is 0 Å². The molecule has 0 bridgehead atoms. The number of nitrogens with two attached hydrogens (primary N) is 11. The second-order valence-electron chi connectivity index (χ2n) is 17.7. The Morgan fingerprint density at radius 3 is 1.13 bits per heavy atom. The molecule has 0 aromatic heterocycles. The van der Waals surface area contributed by atoms with E-state index in [4.69, 9.17) is 63.1 Å². The summed E-state index contributed by atoms with van der Waals surface area (Å²) in [6, 6.07) is -1.85. The van der Waals surface area contributed by atoms with Gasteiger partial charge in [-0.25, -0.2) is 0 Å². The van der Waals surface area contributed by atoms with Crippen LogP contribution in [0, 0.1) is 0 Å². The molecule has 2 heterocycles. The van der Waals surface area contributed by atoms with Crippen molar-refractivity contribution in [3.63, 3.8) is 0 Å². The monoisotopic (exact) mass is 966 g/mol. The highest BCUT2D eigenvalue weighted by Gasteiger charge is 2.23. The molecule has 2 rings (SSSR count). The van der Waals surface area contributed by atoms with Crippen molar-refractivity contribution >= 4 is 47.1 Å². The van der Waals surface area contributed by atoms with E-state index in [1.54, 1.807) is 6.92 Å². The third-order valence-corrected chi connectivity index (χ3v) is 11.5. The van der Waals surface area contributed by atoms with E-state index in [1.165, 1.54) is 0 Å². The smallest absolute Gasteiger partial charge is 0.236 e. The van der Waals surface area contributed by atoms with Gasteiger partial charge in [-0.15, -0.1) is 0 Å². The number of nitrogens with one attached hydrogen (secondary N) is 4. The van der Waals surface area contributed by atoms with Crippen molar-refractivity contribution in [2.75, 3.05) is 91.6 Å². The number of carbonyl (C=O) groups excluding carboxylic acids is 4. The molecule has 0 aromatic rings. The molecule has 25 nitrogen and oxygen atoms in total. The zero-order valence-corrected chi connectivity index (χ0v) is 40.9. The number of hydrogen-bond donors (Lipinski definition) is 15.